The highest BCUT2D eigenvalue weighted by Crippen LogP contribution is 2.10. The molecule has 2 rings (SSSR count). The Kier molecular flexibility index (Phi) is 3.72. The molecule has 94 valence electrons. The normalized spacial score (nSPS) is 10.9. The third kappa shape index (κ3) is 2.73. The van der Waals surface area contributed by atoms with Gasteiger partial charge < -0.3 is 0 Å². The van der Waals surface area contributed by atoms with Gasteiger partial charge in [-0.25, -0.2) is 9.67 Å². The van der Waals surface area contributed by atoms with Gasteiger partial charge in [-0.3, -0.25) is 9.78 Å². The average molecular weight is 265 g/mol. The van der Waals surface area contributed by atoms with E-state index in [1.54, 1.807) is 16.8 Å². The highest BCUT2D eigenvalue weighted by atomic mass is 35.5. The number of carbonyl (C=O) groups is 1. The summed E-state index contributed by atoms with van der Waals surface area (Å²) in [5.41, 5.74) is 0.387. The highest BCUT2D eigenvalue weighted by Gasteiger charge is 2.14. The molecule has 2 heterocycles. The van der Waals surface area contributed by atoms with Crippen LogP contribution in [0.4, 0.5) is 0 Å². The molecule has 6 heteroatoms. The van der Waals surface area contributed by atoms with Gasteiger partial charge in [-0.15, -0.1) is 0 Å². The molecule has 0 aliphatic carbocycles. The zero-order chi connectivity index (χ0) is 13.1. The van der Waals surface area contributed by atoms with E-state index in [9.17, 15) is 4.79 Å². The number of rotatable bonds is 4. The number of aromatic nitrogens is 4. The van der Waals surface area contributed by atoms with Crippen molar-refractivity contribution in [3.8, 4) is 0 Å². The van der Waals surface area contributed by atoms with Crippen LogP contribution in [0.5, 0.6) is 0 Å². The molecule has 0 atom stereocenters. The molecule has 0 N–H and O–H groups in total. The number of hydrogen-bond donors (Lipinski definition) is 0. The van der Waals surface area contributed by atoms with E-state index < -0.39 is 0 Å². The van der Waals surface area contributed by atoms with Crippen molar-refractivity contribution in [1.29, 1.82) is 0 Å². The smallest absolute Gasteiger partial charge is 0.188 e. The molecule has 0 unspecified atom stereocenters. The summed E-state index contributed by atoms with van der Waals surface area (Å²) in [6.45, 7) is 3.98. The van der Waals surface area contributed by atoms with Crippen LogP contribution in [-0.4, -0.2) is 25.5 Å². The fraction of sp³-hybridized carbons (Fsp3) is 0.333. The molecular weight excluding hydrogens is 252 g/mol. The van der Waals surface area contributed by atoms with Crippen LogP contribution in [0.1, 0.15) is 36.2 Å². The molecule has 0 saturated heterocycles. The molecule has 0 fully saturated rings. The van der Waals surface area contributed by atoms with Gasteiger partial charge in [0.25, 0.3) is 0 Å². The minimum absolute atomic E-state index is 0.0958. The van der Waals surface area contributed by atoms with Crippen molar-refractivity contribution in [3.05, 3.63) is 41.2 Å². The fourth-order valence-corrected chi connectivity index (χ4v) is 1.72. The predicted molar refractivity (Wildman–Crippen MR) is 67.7 cm³/mol. The molecule has 0 aromatic carbocycles. The standard InChI is InChI=1S/C12H13ClN4O/c1-8(2)17-12(15-7-16-17)5-11(18)10-4-3-9(13)6-14-10/h3-4,6-8H,5H2,1-2H3. The van der Waals surface area contributed by atoms with Crippen LogP contribution in [0.25, 0.3) is 0 Å². The summed E-state index contributed by atoms with van der Waals surface area (Å²) in [6.07, 6.45) is 3.10. The zero-order valence-corrected chi connectivity index (χ0v) is 10.9. The lowest BCUT2D eigenvalue weighted by Gasteiger charge is -2.08. The van der Waals surface area contributed by atoms with Crippen molar-refractivity contribution < 1.29 is 4.79 Å². The molecule has 0 amide bonds. The molecule has 5 nitrogen and oxygen atoms in total. The van der Waals surface area contributed by atoms with E-state index in [1.165, 1.54) is 12.5 Å². The van der Waals surface area contributed by atoms with Gasteiger partial charge in [0.05, 0.1) is 11.4 Å². The summed E-state index contributed by atoms with van der Waals surface area (Å²) in [5, 5.41) is 4.60. The maximum atomic E-state index is 12.0. The predicted octanol–water partition coefficient (Wildman–Crippen LogP) is 2.33. The maximum absolute atomic E-state index is 12.0. The van der Waals surface area contributed by atoms with Crippen LogP contribution < -0.4 is 0 Å². The van der Waals surface area contributed by atoms with Crippen LogP contribution in [0.15, 0.2) is 24.7 Å². The molecule has 0 bridgehead atoms. The van der Waals surface area contributed by atoms with Crippen LogP contribution >= 0.6 is 11.6 Å². The topological polar surface area (TPSA) is 60.7 Å². The van der Waals surface area contributed by atoms with E-state index in [4.69, 9.17) is 11.6 Å². The van der Waals surface area contributed by atoms with Crippen molar-refractivity contribution in [2.45, 2.75) is 26.3 Å². The molecule has 2 aromatic heterocycles. The van der Waals surface area contributed by atoms with E-state index in [2.05, 4.69) is 15.1 Å². The summed E-state index contributed by atoms with van der Waals surface area (Å²) < 4.78 is 1.73. The summed E-state index contributed by atoms with van der Waals surface area (Å²) in [7, 11) is 0. The van der Waals surface area contributed by atoms with Crippen LogP contribution in [0, 0.1) is 0 Å². The first-order chi connectivity index (χ1) is 8.58. The number of carbonyl (C=O) groups excluding carboxylic acids is 1. The SMILES string of the molecule is CC(C)n1ncnc1CC(=O)c1ccc(Cl)cn1. The molecule has 0 aliphatic heterocycles. The molecule has 2 aromatic rings. The van der Waals surface area contributed by atoms with E-state index in [1.807, 2.05) is 13.8 Å². The lowest BCUT2D eigenvalue weighted by molar-refractivity contribution is 0.0984. The van der Waals surface area contributed by atoms with Crippen molar-refractivity contribution in [2.24, 2.45) is 0 Å². The number of hydrogen-bond acceptors (Lipinski definition) is 4. The Morgan fingerprint density at radius 3 is 2.78 bits per heavy atom. The Hall–Kier alpha value is -1.75. The Bertz CT molecular complexity index is 547. The van der Waals surface area contributed by atoms with Gasteiger partial charge in [0.2, 0.25) is 0 Å². The van der Waals surface area contributed by atoms with Crippen molar-refractivity contribution in [2.75, 3.05) is 0 Å². The molecule has 0 saturated carbocycles. The van der Waals surface area contributed by atoms with Crippen LogP contribution in [0.3, 0.4) is 0 Å². The lowest BCUT2D eigenvalue weighted by atomic mass is 10.2. The minimum Gasteiger partial charge on any atom is -0.292 e. The number of ketones is 1. The van der Waals surface area contributed by atoms with Gasteiger partial charge in [0, 0.05) is 12.2 Å². The van der Waals surface area contributed by atoms with Gasteiger partial charge in [-0.05, 0) is 26.0 Å². The molecule has 18 heavy (non-hydrogen) atoms. The zero-order valence-electron chi connectivity index (χ0n) is 10.2. The second-order valence-electron chi connectivity index (χ2n) is 4.18. The van der Waals surface area contributed by atoms with Crippen LogP contribution in [-0.2, 0) is 6.42 Å². The Morgan fingerprint density at radius 1 is 1.39 bits per heavy atom. The largest absolute Gasteiger partial charge is 0.292 e. The quantitative estimate of drug-likeness (QED) is 0.795. The second kappa shape index (κ2) is 5.27. The number of Topliss-reactive ketones (excluding diaryl/α,β-unsaturated/α-hetero) is 1. The second-order valence-corrected chi connectivity index (χ2v) is 4.61. The van der Waals surface area contributed by atoms with Crippen molar-refractivity contribution in [3.63, 3.8) is 0 Å². The summed E-state index contributed by atoms with van der Waals surface area (Å²) in [6, 6.07) is 3.43. The molecule has 0 spiro atoms. The van der Waals surface area contributed by atoms with E-state index >= 15 is 0 Å². The Labute approximate surface area is 110 Å². The monoisotopic (exact) mass is 264 g/mol. The fourth-order valence-electron chi connectivity index (χ4n) is 1.61. The van der Waals surface area contributed by atoms with E-state index in [0.29, 0.717) is 16.5 Å². The maximum Gasteiger partial charge on any atom is 0.188 e. The summed E-state index contributed by atoms with van der Waals surface area (Å²) >= 11 is 5.73. The van der Waals surface area contributed by atoms with E-state index in [0.717, 1.165) is 0 Å². The molecule has 0 radical (unpaired) electrons. The van der Waals surface area contributed by atoms with Gasteiger partial charge >= 0.3 is 0 Å². The molecule has 0 aliphatic rings. The van der Waals surface area contributed by atoms with Gasteiger partial charge in [-0.1, -0.05) is 11.6 Å². The first-order valence-electron chi connectivity index (χ1n) is 5.61. The van der Waals surface area contributed by atoms with Gasteiger partial charge in [0.15, 0.2) is 5.78 Å². The highest BCUT2D eigenvalue weighted by molar-refractivity contribution is 6.30. The Balaban J connectivity index is 2.16. The van der Waals surface area contributed by atoms with Crippen molar-refractivity contribution >= 4 is 17.4 Å². The summed E-state index contributed by atoms with van der Waals surface area (Å²) in [4.78, 5) is 20.1. The van der Waals surface area contributed by atoms with Crippen LogP contribution in [0.2, 0.25) is 5.02 Å². The third-order valence-corrected chi connectivity index (χ3v) is 2.69. The number of pyridine rings is 1. The third-order valence-electron chi connectivity index (χ3n) is 2.47. The van der Waals surface area contributed by atoms with E-state index in [-0.39, 0.29) is 18.2 Å². The average Bonchev–Trinajstić information content (AvgIpc) is 2.78. The summed E-state index contributed by atoms with van der Waals surface area (Å²) in [5.74, 6) is 0.549. The first kappa shape index (κ1) is 12.7. The van der Waals surface area contributed by atoms with Gasteiger partial charge in [0.1, 0.15) is 17.8 Å². The Morgan fingerprint density at radius 2 is 2.17 bits per heavy atom. The minimum atomic E-state index is -0.0958. The van der Waals surface area contributed by atoms with Crippen molar-refractivity contribution in [1.82, 2.24) is 19.7 Å². The number of halogens is 1. The first-order valence-corrected chi connectivity index (χ1v) is 5.99. The number of nitrogens with zero attached hydrogens (tertiary/aromatic N) is 4. The van der Waals surface area contributed by atoms with Gasteiger partial charge in [-0.2, -0.15) is 5.10 Å². The lowest BCUT2D eigenvalue weighted by Crippen LogP contribution is -2.13. The molecular formula is C12H13ClN4O.